The number of fused-ring (bicyclic) bond motifs is 1. The average Bonchev–Trinajstić information content (AvgIpc) is 2.97. The Balaban J connectivity index is 2.05. The molecule has 106 valence electrons. The molecule has 2 heterocycles. The summed E-state index contributed by atoms with van der Waals surface area (Å²) in [6.45, 7) is 0.367. The summed E-state index contributed by atoms with van der Waals surface area (Å²) in [5.74, 6) is 0. The van der Waals surface area contributed by atoms with Crippen molar-refractivity contribution in [2.24, 2.45) is 0 Å². The van der Waals surface area contributed by atoms with Crippen LogP contribution in [-0.4, -0.2) is 25.1 Å². The van der Waals surface area contributed by atoms with Gasteiger partial charge in [-0.25, -0.2) is 4.98 Å². The summed E-state index contributed by atoms with van der Waals surface area (Å²) in [7, 11) is 0. The van der Waals surface area contributed by atoms with E-state index in [2.05, 4.69) is 25.5 Å². The average molecular weight is 286 g/mol. The van der Waals surface area contributed by atoms with E-state index in [0.717, 1.165) is 5.56 Å². The van der Waals surface area contributed by atoms with E-state index in [1.54, 1.807) is 12.4 Å². The van der Waals surface area contributed by atoms with Gasteiger partial charge in [0.1, 0.15) is 5.69 Å². The summed E-state index contributed by atoms with van der Waals surface area (Å²) in [4.78, 5) is 28.7. The molecule has 0 fully saturated rings. The van der Waals surface area contributed by atoms with Gasteiger partial charge >= 0.3 is 0 Å². The molecule has 0 bridgehead atoms. The standard InChI is InChI=1S/C12H10N6O3/c19-12-8-1-11(18(20)21)10(2-9(8)14-6-15-12)13-3-7-4-16-17-5-7/h1-2,4-6,13H,3H2,(H,16,17)(H,14,15,19). The first-order valence-corrected chi connectivity index (χ1v) is 6.02. The highest BCUT2D eigenvalue weighted by molar-refractivity contribution is 5.86. The Bertz CT molecular complexity index is 855. The van der Waals surface area contributed by atoms with Crippen LogP contribution >= 0.6 is 0 Å². The topological polar surface area (TPSA) is 130 Å². The van der Waals surface area contributed by atoms with Gasteiger partial charge in [-0.3, -0.25) is 20.0 Å². The van der Waals surface area contributed by atoms with Crippen LogP contribution in [0.15, 0.2) is 35.6 Å². The Kier molecular flexibility index (Phi) is 3.07. The van der Waals surface area contributed by atoms with E-state index in [9.17, 15) is 14.9 Å². The normalized spacial score (nSPS) is 10.7. The fourth-order valence-electron chi connectivity index (χ4n) is 1.97. The van der Waals surface area contributed by atoms with Gasteiger partial charge in [0.15, 0.2) is 0 Å². The minimum absolute atomic E-state index is 0.176. The van der Waals surface area contributed by atoms with Gasteiger partial charge in [0.25, 0.3) is 11.2 Å². The summed E-state index contributed by atoms with van der Waals surface area (Å²) >= 11 is 0. The van der Waals surface area contributed by atoms with Crippen LogP contribution in [0.5, 0.6) is 0 Å². The van der Waals surface area contributed by atoms with Gasteiger partial charge in [-0.1, -0.05) is 0 Å². The van der Waals surface area contributed by atoms with Crippen molar-refractivity contribution in [1.82, 2.24) is 20.2 Å². The molecular weight excluding hydrogens is 276 g/mol. The zero-order valence-electron chi connectivity index (χ0n) is 10.7. The van der Waals surface area contributed by atoms with E-state index in [4.69, 9.17) is 0 Å². The highest BCUT2D eigenvalue weighted by atomic mass is 16.6. The lowest BCUT2D eigenvalue weighted by Crippen LogP contribution is -2.08. The van der Waals surface area contributed by atoms with E-state index < -0.39 is 10.5 Å². The highest BCUT2D eigenvalue weighted by Gasteiger charge is 2.17. The zero-order valence-corrected chi connectivity index (χ0v) is 10.7. The first kappa shape index (κ1) is 12.8. The minimum Gasteiger partial charge on any atom is -0.375 e. The maximum Gasteiger partial charge on any atom is 0.293 e. The summed E-state index contributed by atoms with van der Waals surface area (Å²) in [6.07, 6.45) is 4.56. The third-order valence-electron chi connectivity index (χ3n) is 2.99. The molecule has 0 unspecified atom stereocenters. The molecule has 1 aromatic carbocycles. The van der Waals surface area contributed by atoms with Gasteiger partial charge in [0.05, 0.1) is 28.4 Å². The minimum atomic E-state index is -0.538. The first-order valence-electron chi connectivity index (χ1n) is 6.02. The van der Waals surface area contributed by atoms with Crippen molar-refractivity contribution in [3.05, 3.63) is 56.9 Å². The summed E-state index contributed by atoms with van der Waals surface area (Å²) in [5.41, 5.74) is 0.947. The second-order valence-electron chi connectivity index (χ2n) is 4.34. The molecule has 0 saturated carbocycles. The van der Waals surface area contributed by atoms with Crippen molar-refractivity contribution in [2.45, 2.75) is 6.54 Å². The predicted octanol–water partition coefficient (Wildman–Crippen LogP) is 1.17. The zero-order chi connectivity index (χ0) is 14.8. The quantitative estimate of drug-likeness (QED) is 0.487. The van der Waals surface area contributed by atoms with Crippen LogP contribution in [0.4, 0.5) is 11.4 Å². The fraction of sp³-hybridized carbons (Fsp3) is 0.0833. The molecule has 2 aromatic heterocycles. The number of nitro benzene ring substituents is 1. The maximum absolute atomic E-state index is 11.7. The predicted molar refractivity (Wildman–Crippen MR) is 74.9 cm³/mol. The molecule has 21 heavy (non-hydrogen) atoms. The van der Waals surface area contributed by atoms with E-state index in [1.165, 1.54) is 18.5 Å². The highest BCUT2D eigenvalue weighted by Crippen LogP contribution is 2.28. The Labute approximate surface area is 117 Å². The number of nitro groups is 1. The van der Waals surface area contributed by atoms with Gasteiger partial charge in [-0.15, -0.1) is 0 Å². The number of nitrogens with one attached hydrogen (secondary N) is 3. The lowest BCUT2D eigenvalue weighted by Gasteiger charge is -2.07. The number of nitrogens with zero attached hydrogens (tertiary/aromatic N) is 3. The van der Waals surface area contributed by atoms with Crippen LogP contribution < -0.4 is 10.9 Å². The Hall–Kier alpha value is -3.23. The SMILES string of the molecule is O=c1[nH]cnc2cc(NCc3cn[nH]c3)c([N+](=O)[O-])cc12. The molecule has 0 aliphatic heterocycles. The summed E-state index contributed by atoms with van der Waals surface area (Å²) in [6, 6.07) is 2.71. The summed E-state index contributed by atoms with van der Waals surface area (Å²) < 4.78 is 0. The number of aromatic nitrogens is 4. The molecule has 0 saturated heterocycles. The first-order chi connectivity index (χ1) is 10.1. The molecule has 3 aromatic rings. The Morgan fingerprint density at radius 1 is 1.38 bits per heavy atom. The van der Waals surface area contributed by atoms with E-state index in [-0.39, 0.29) is 11.1 Å². The second kappa shape index (κ2) is 5.04. The molecular formula is C12H10N6O3. The fourth-order valence-corrected chi connectivity index (χ4v) is 1.97. The van der Waals surface area contributed by atoms with Crippen LogP contribution in [0.25, 0.3) is 10.9 Å². The number of aromatic amines is 2. The smallest absolute Gasteiger partial charge is 0.293 e. The Morgan fingerprint density at radius 3 is 2.95 bits per heavy atom. The van der Waals surface area contributed by atoms with Crippen molar-refractivity contribution in [3.8, 4) is 0 Å². The van der Waals surface area contributed by atoms with Crippen LogP contribution in [-0.2, 0) is 6.54 Å². The van der Waals surface area contributed by atoms with Crippen molar-refractivity contribution >= 4 is 22.3 Å². The number of rotatable bonds is 4. The molecule has 9 nitrogen and oxygen atoms in total. The van der Waals surface area contributed by atoms with E-state index in [1.807, 2.05) is 0 Å². The largest absolute Gasteiger partial charge is 0.375 e. The van der Waals surface area contributed by atoms with Crippen LogP contribution in [0.3, 0.4) is 0 Å². The lowest BCUT2D eigenvalue weighted by atomic mass is 10.2. The summed E-state index contributed by atoms with van der Waals surface area (Å²) in [5, 5.41) is 20.7. The van der Waals surface area contributed by atoms with Gasteiger partial charge in [-0.2, -0.15) is 5.10 Å². The molecule has 3 N–H and O–H groups in total. The van der Waals surface area contributed by atoms with Crippen LogP contribution in [0, 0.1) is 10.1 Å². The van der Waals surface area contributed by atoms with Gasteiger partial charge in [0, 0.05) is 24.4 Å². The van der Waals surface area contributed by atoms with Gasteiger partial charge in [-0.05, 0) is 6.07 Å². The molecule has 0 atom stereocenters. The van der Waals surface area contributed by atoms with E-state index >= 15 is 0 Å². The van der Waals surface area contributed by atoms with E-state index in [0.29, 0.717) is 17.7 Å². The molecule has 0 spiro atoms. The van der Waals surface area contributed by atoms with Crippen LogP contribution in [0.2, 0.25) is 0 Å². The maximum atomic E-state index is 11.7. The third-order valence-corrected chi connectivity index (χ3v) is 2.99. The molecule has 0 radical (unpaired) electrons. The van der Waals surface area contributed by atoms with Crippen molar-refractivity contribution in [3.63, 3.8) is 0 Å². The third kappa shape index (κ3) is 2.43. The molecule has 0 aliphatic carbocycles. The van der Waals surface area contributed by atoms with Crippen LogP contribution in [0.1, 0.15) is 5.56 Å². The van der Waals surface area contributed by atoms with Gasteiger partial charge in [0.2, 0.25) is 0 Å². The number of hydrogen-bond donors (Lipinski definition) is 3. The molecule has 0 aliphatic rings. The van der Waals surface area contributed by atoms with Crippen molar-refractivity contribution in [2.75, 3.05) is 5.32 Å². The molecule has 9 heteroatoms. The van der Waals surface area contributed by atoms with Gasteiger partial charge < -0.3 is 10.3 Å². The molecule has 0 amide bonds. The van der Waals surface area contributed by atoms with Crippen molar-refractivity contribution < 1.29 is 4.92 Å². The Morgan fingerprint density at radius 2 is 2.24 bits per heavy atom. The number of anilines is 1. The number of hydrogen-bond acceptors (Lipinski definition) is 6. The number of H-pyrrole nitrogens is 2. The molecule has 3 rings (SSSR count). The second-order valence-corrected chi connectivity index (χ2v) is 4.34. The lowest BCUT2D eigenvalue weighted by molar-refractivity contribution is -0.383. The van der Waals surface area contributed by atoms with Crippen molar-refractivity contribution in [1.29, 1.82) is 0 Å². The number of benzene rings is 1. The monoisotopic (exact) mass is 286 g/mol.